The predicted molar refractivity (Wildman–Crippen MR) is 47.1 cm³/mol. The van der Waals surface area contributed by atoms with Crippen molar-refractivity contribution in [3.05, 3.63) is 11.9 Å². The minimum absolute atomic E-state index is 2.26. The maximum Gasteiger partial charge on any atom is 0.460 e. The van der Waals surface area contributed by atoms with Gasteiger partial charge < -0.3 is 4.74 Å². The van der Waals surface area contributed by atoms with Crippen molar-refractivity contribution in [1.29, 1.82) is 0 Å². The van der Waals surface area contributed by atoms with E-state index in [1.54, 1.807) is 0 Å². The van der Waals surface area contributed by atoms with Crippen LogP contribution in [0.5, 0.6) is 0 Å². The summed E-state index contributed by atoms with van der Waals surface area (Å²) in [5.74, 6) is -34.2. The molecule has 1 nitrogen and oxygen atoms in total. The number of hydrogen-bond acceptors (Lipinski definition) is 1. The lowest BCUT2D eigenvalue weighted by Gasteiger charge is -2.37. The Bertz CT molecular complexity index is 538. The molecule has 0 bridgehead atoms. The molecule has 0 aliphatic heterocycles. The second kappa shape index (κ2) is 6.63. The fourth-order valence-corrected chi connectivity index (χ4v) is 1.05. The van der Waals surface area contributed by atoms with Crippen LogP contribution in [0.1, 0.15) is 0 Å². The molecule has 0 saturated heterocycles. The molecular weight excluding hydrogens is 428 g/mol. The zero-order valence-corrected chi connectivity index (χ0v) is 11.2. The summed E-state index contributed by atoms with van der Waals surface area (Å²) in [6, 6.07) is 0. The monoisotopic (exact) mass is 430 g/mol. The molecule has 0 atom stereocenters. The Labute approximate surface area is 131 Å². The number of rotatable bonds is 7. The van der Waals surface area contributed by atoms with E-state index in [-0.39, 0.29) is 0 Å². The minimum Gasteiger partial charge on any atom is -0.308 e. The fourth-order valence-electron chi connectivity index (χ4n) is 1.05. The van der Waals surface area contributed by atoms with Crippen LogP contribution in [0.2, 0.25) is 0 Å². The zero-order chi connectivity index (χ0) is 21.6. The quantitative estimate of drug-likeness (QED) is 0.466. The molecule has 0 saturated carbocycles. The van der Waals surface area contributed by atoms with Gasteiger partial charge in [0.15, 0.2) is 0 Å². The molecule has 0 N–H and O–H groups in total. The summed E-state index contributed by atoms with van der Waals surface area (Å²) in [6.45, 7) is -3.84. The van der Waals surface area contributed by atoms with Crippen molar-refractivity contribution in [2.45, 2.75) is 36.0 Å². The summed E-state index contributed by atoms with van der Waals surface area (Å²) in [5.41, 5.74) is 0. The predicted octanol–water partition coefficient (Wildman–Crippen LogP) is 5.78. The zero-order valence-electron chi connectivity index (χ0n) is 11.2. The highest BCUT2D eigenvalue weighted by atomic mass is 19.4. The topological polar surface area (TPSA) is 9.23 Å². The molecule has 0 aromatic rings. The second-order valence-electron chi connectivity index (χ2n) is 4.31. The van der Waals surface area contributed by atoms with Gasteiger partial charge in [0.1, 0.15) is 6.61 Å². The molecule has 156 valence electrons. The summed E-state index contributed by atoms with van der Waals surface area (Å²) in [4.78, 5) is 0. The van der Waals surface area contributed by atoms with E-state index in [2.05, 4.69) is 4.74 Å². The van der Waals surface area contributed by atoms with E-state index in [0.717, 1.165) is 0 Å². The Balaban J connectivity index is 5.81. The van der Waals surface area contributed by atoms with Crippen LogP contribution in [0.25, 0.3) is 0 Å². The first-order valence-electron chi connectivity index (χ1n) is 5.37. The first-order valence-corrected chi connectivity index (χ1v) is 5.37. The molecule has 0 radical (unpaired) electrons. The van der Waals surface area contributed by atoms with Gasteiger partial charge in [-0.05, 0) is 0 Å². The number of alkyl halides is 13. The largest absolute Gasteiger partial charge is 0.460 e. The smallest absolute Gasteiger partial charge is 0.308 e. The van der Waals surface area contributed by atoms with Crippen LogP contribution in [-0.2, 0) is 4.74 Å². The van der Waals surface area contributed by atoms with E-state index in [1.807, 2.05) is 0 Å². The normalized spacial score (nSPS) is 15.2. The van der Waals surface area contributed by atoms with E-state index in [9.17, 15) is 70.2 Å². The first kappa shape index (κ1) is 24.6. The standard InChI is InChI=1S/C9H2F16O/c10-2(3(11)12)5(15,16)26-1-4(13,14)6(17,18)7(19,20)8(21,22)9(23,24)25/h1H2. The van der Waals surface area contributed by atoms with Gasteiger partial charge in [-0.3, -0.25) is 0 Å². The highest BCUT2D eigenvalue weighted by Crippen LogP contribution is 2.57. The fraction of sp³-hybridized carbons (Fsp3) is 0.778. The summed E-state index contributed by atoms with van der Waals surface area (Å²) in [6.07, 6.45) is -17.5. The summed E-state index contributed by atoms with van der Waals surface area (Å²) >= 11 is 0. The Morgan fingerprint density at radius 2 is 0.962 bits per heavy atom. The van der Waals surface area contributed by atoms with Crippen LogP contribution < -0.4 is 0 Å². The average Bonchev–Trinajstić information content (AvgIpc) is 2.42. The van der Waals surface area contributed by atoms with Crippen molar-refractivity contribution in [2.75, 3.05) is 6.61 Å². The van der Waals surface area contributed by atoms with Gasteiger partial charge in [0, 0.05) is 0 Å². The van der Waals surface area contributed by atoms with E-state index < -0.39 is 54.5 Å². The molecule has 0 unspecified atom stereocenters. The van der Waals surface area contributed by atoms with Gasteiger partial charge in [-0.15, -0.1) is 0 Å². The lowest BCUT2D eigenvalue weighted by Crippen LogP contribution is -2.67. The highest BCUT2D eigenvalue weighted by molar-refractivity contribution is 5.07. The number of ether oxygens (including phenoxy) is 1. The third-order valence-electron chi connectivity index (χ3n) is 2.46. The van der Waals surface area contributed by atoms with Crippen molar-refractivity contribution >= 4 is 0 Å². The maximum atomic E-state index is 12.9. The van der Waals surface area contributed by atoms with Gasteiger partial charge in [-0.2, -0.15) is 70.2 Å². The van der Waals surface area contributed by atoms with Crippen LogP contribution in [0, 0.1) is 0 Å². The van der Waals surface area contributed by atoms with E-state index >= 15 is 0 Å². The molecule has 0 rings (SSSR count). The van der Waals surface area contributed by atoms with Crippen molar-refractivity contribution in [3.8, 4) is 0 Å². The molecular formula is C9H2F16O. The lowest BCUT2D eigenvalue weighted by molar-refractivity contribution is -0.427. The maximum absolute atomic E-state index is 12.9. The molecule has 0 amide bonds. The molecule has 0 fully saturated rings. The van der Waals surface area contributed by atoms with E-state index in [1.165, 1.54) is 0 Å². The van der Waals surface area contributed by atoms with E-state index in [4.69, 9.17) is 0 Å². The molecule has 0 heterocycles. The van der Waals surface area contributed by atoms with Crippen LogP contribution in [-0.4, -0.2) is 42.6 Å². The second-order valence-corrected chi connectivity index (χ2v) is 4.31. The van der Waals surface area contributed by atoms with Gasteiger partial charge >= 0.3 is 42.1 Å². The summed E-state index contributed by atoms with van der Waals surface area (Å²) in [7, 11) is 0. The average molecular weight is 430 g/mol. The Hall–Kier alpha value is -1.42. The van der Waals surface area contributed by atoms with Crippen molar-refractivity contribution in [1.82, 2.24) is 0 Å². The Kier molecular flexibility index (Phi) is 6.27. The lowest BCUT2D eigenvalue weighted by atomic mass is 9.98. The minimum atomic E-state index is -7.90. The van der Waals surface area contributed by atoms with Gasteiger partial charge in [-0.25, -0.2) is 0 Å². The van der Waals surface area contributed by atoms with Gasteiger partial charge in [-0.1, -0.05) is 0 Å². The van der Waals surface area contributed by atoms with Crippen molar-refractivity contribution in [2.24, 2.45) is 0 Å². The highest BCUT2D eigenvalue weighted by Gasteiger charge is 2.87. The third-order valence-corrected chi connectivity index (χ3v) is 2.46. The Morgan fingerprint density at radius 1 is 0.577 bits per heavy atom. The van der Waals surface area contributed by atoms with Crippen LogP contribution in [0.3, 0.4) is 0 Å². The van der Waals surface area contributed by atoms with Gasteiger partial charge in [0.05, 0.1) is 0 Å². The number of hydrogen-bond donors (Lipinski definition) is 0. The summed E-state index contributed by atoms with van der Waals surface area (Å²) in [5, 5.41) is 0. The number of halogens is 16. The molecule has 0 aliphatic carbocycles. The van der Waals surface area contributed by atoms with Crippen molar-refractivity contribution < 1.29 is 75.0 Å². The van der Waals surface area contributed by atoms with Gasteiger partial charge in [0.2, 0.25) is 0 Å². The molecule has 0 aromatic heterocycles. The van der Waals surface area contributed by atoms with Crippen LogP contribution in [0.4, 0.5) is 70.2 Å². The SMILES string of the molecule is FC(F)=C(F)C(F)(F)OCC(F)(F)C(F)(F)C(F)(F)C(F)(F)C(F)(F)F. The van der Waals surface area contributed by atoms with Crippen LogP contribution in [0.15, 0.2) is 11.9 Å². The Morgan fingerprint density at radius 3 is 1.27 bits per heavy atom. The first-order chi connectivity index (χ1) is 11.1. The molecule has 0 aromatic carbocycles. The summed E-state index contributed by atoms with van der Waals surface area (Å²) < 4.78 is 199. The van der Waals surface area contributed by atoms with E-state index in [0.29, 0.717) is 0 Å². The van der Waals surface area contributed by atoms with Crippen LogP contribution >= 0.6 is 0 Å². The third kappa shape index (κ3) is 3.95. The van der Waals surface area contributed by atoms with Gasteiger partial charge in [0.25, 0.3) is 5.83 Å². The molecule has 26 heavy (non-hydrogen) atoms. The molecule has 17 heteroatoms. The molecule has 0 aliphatic rings. The van der Waals surface area contributed by atoms with Crippen molar-refractivity contribution in [3.63, 3.8) is 0 Å². The molecule has 0 spiro atoms.